The lowest BCUT2D eigenvalue weighted by molar-refractivity contribution is 0.353. The predicted molar refractivity (Wildman–Crippen MR) is 108 cm³/mol. The van der Waals surface area contributed by atoms with Crippen LogP contribution in [0.5, 0.6) is 11.5 Å². The van der Waals surface area contributed by atoms with E-state index in [0.717, 1.165) is 11.3 Å². The number of fused-ring (bicyclic) bond motifs is 1. The van der Waals surface area contributed by atoms with Gasteiger partial charge in [0.25, 0.3) is 0 Å². The van der Waals surface area contributed by atoms with Gasteiger partial charge in [-0.15, -0.1) is 0 Å². The predicted octanol–water partition coefficient (Wildman–Crippen LogP) is 3.05. The van der Waals surface area contributed by atoms with Crippen molar-refractivity contribution in [1.29, 1.82) is 0 Å². The third-order valence-electron chi connectivity index (χ3n) is 4.99. The van der Waals surface area contributed by atoms with Crippen molar-refractivity contribution in [3.63, 3.8) is 0 Å². The Balaban J connectivity index is 1.60. The van der Waals surface area contributed by atoms with Crippen molar-refractivity contribution in [2.45, 2.75) is 17.9 Å². The fourth-order valence-corrected chi connectivity index (χ4v) is 4.79. The summed E-state index contributed by atoms with van der Waals surface area (Å²) >= 11 is 0. The maximum Gasteiger partial charge on any atom is 0.243 e. The molecule has 0 saturated heterocycles. The summed E-state index contributed by atoms with van der Waals surface area (Å²) in [6.07, 6.45) is 2.09. The van der Waals surface area contributed by atoms with Gasteiger partial charge in [0.15, 0.2) is 17.3 Å². The van der Waals surface area contributed by atoms with Gasteiger partial charge in [-0.1, -0.05) is 0 Å². The van der Waals surface area contributed by atoms with E-state index in [1.165, 1.54) is 42.8 Å². The lowest BCUT2D eigenvalue weighted by Crippen LogP contribution is -2.36. The average molecular weight is 429 g/mol. The molecule has 0 bridgehead atoms. The molecule has 9 heteroatoms. The summed E-state index contributed by atoms with van der Waals surface area (Å²) in [5.41, 5.74) is 2.25. The van der Waals surface area contributed by atoms with Crippen LogP contribution in [0, 0.1) is 5.82 Å². The molecule has 30 heavy (non-hydrogen) atoms. The lowest BCUT2D eigenvalue weighted by atomic mass is 10.1. The Hall–Kier alpha value is -3.04. The van der Waals surface area contributed by atoms with Gasteiger partial charge in [0.2, 0.25) is 10.0 Å². The fraction of sp³-hybridized carbons (Fsp3) is 0.238. The second-order valence-electron chi connectivity index (χ2n) is 6.78. The standard InChI is InChI=1S/C21H20FN3O4S/c1-28-19-8-7-17(11-20(19)29-2)30(26,27)25-10-9-18-15(13-25)12-23-21(24-18)14-3-5-16(22)6-4-14/h3-8,11-12H,9-10,13H2,1-2H3. The molecule has 4 rings (SSSR count). The van der Waals surface area contributed by atoms with Gasteiger partial charge in [-0.25, -0.2) is 22.8 Å². The number of ether oxygens (including phenoxy) is 2. The fourth-order valence-electron chi connectivity index (χ4n) is 3.36. The van der Waals surface area contributed by atoms with Crippen molar-refractivity contribution in [2.24, 2.45) is 0 Å². The Bertz CT molecular complexity index is 1180. The molecule has 3 aromatic rings. The summed E-state index contributed by atoms with van der Waals surface area (Å²) < 4.78 is 51.2. The molecular weight excluding hydrogens is 409 g/mol. The first kappa shape index (κ1) is 20.2. The number of sulfonamides is 1. The minimum Gasteiger partial charge on any atom is -0.493 e. The highest BCUT2D eigenvalue weighted by atomic mass is 32.2. The van der Waals surface area contributed by atoms with Gasteiger partial charge in [-0.2, -0.15) is 4.31 Å². The summed E-state index contributed by atoms with van der Waals surface area (Å²) in [6.45, 7) is 0.471. The van der Waals surface area contributed by atoms with E-state index in [-0.39, 0.29) is 17.3 Å². The number of halogens is 1. The van der Waals surface area contributed by atoms with Gasteiger partial charge < -0.3 is 9.47 Å². The van der Waals surface area contributed by atoms with Crippen LogP contribution in [-0.2, 0) is 23.0 Å². The second kappa shape index (κ2) is 8.00. The Morgan fingerprint density at radius 1 is 1.03 bits per heavy atom. The molecule has 1 aromatic heterocycles. The smallest absolute Gasteiger partial charge is 0.243 e. The first-order chi connectivity index (χ1) is 14.4. The first-order valence-corrected chi connectivity index (χ1v) is 10.7. The molecule has 156 valence electrons. The van der Waals surface area contributed by atoms with Crippen molar-refractivity contribution in [2.75, 3.05) is 20.8 Å². The normalized spacial score (nSPS) is 14.2. The number of benzene rings is 2. The molecule has 0 atom stereocenters. The van der Waals surface area contributed by atoms with Crippen LogP contribution in [-0.4, -0.2) is 43.5 Å². The van der Waals surface area contributed by atoms with E-state index in [1.807, 2.05) is 0 Å². The molecule has 0 spiro atoms. The maximum atomic E-state index is 13.1. The number of nitrogens with zero attached hydrogens (tertiary/aromatic N) is 3. The van der Waals surface area contributed by atoms with E-state index < -0.39 is 10.0 Å². The molecule has 0 amide bonds. The summed E-state index contributed by atoms with van der Waals surface area (Å²) in [4.78, 5) is 9.03. The summed E-state index contributed by atoms with van der Waals surface area (Å²) in [6, 6.07) is 10.5. The Morgan fingerprint density at radius 3 is 2.47 bits per heavy atom. The van der Waals surface area contributed by atoms with Crippen LogP contribution < -0.4 is 9.47 Å². The van der Waals surface area contributed by atoms with Crippen molar-refractivity contribution in [1.82, 2.24) is 14.3 Å². The summed E-state index contributed by atoms with van der Waals surface area (Å²) in [7, 11) is -0.775. The zero-order chi connectivity index (χ0) is 21.3. The third kappa shape index (κ3) is 3.73. The monoisotopic (exact) mass is 429 g/mol. The van der Waals surface area contributed by atoms with Crippen LogP contribution in [0.2, 0.25) is 0 Å². The van der Waals surface area contributed by atoms with Crippen molar-refractivity contribution in [3.05, 3.63) is 65.7 Å². The van der Waals surface area contributed by atoms with Gasteiger partial charge in [0.1, 0.15) is 5.82 Å². The van der Waals surface area contributed by atoms with E-state index >= 15 is 0 Å². The quantitative estimate of drug-likeness (QED) is 0.620. The molecule has 1 aliphatic heterocycles. The maximum absolute atomic E-state index is 13.1. The minimum atomic E-state index is -3.73. The molecule has 0 aliphatic carbocycles. The molecule has 0 unspecified atom stereocenters. The Labute approximate surface area is 174 Å². The number of hydrogen-bond acceptors (Lipinski definition) is 6. The molecular formula is C21H20FN3O4S. The van der Waals surface area contributed by atoms with E-state index in [9.17, 15) is 12.8 Å². The van der Waals surface area contributed by atoms with Crippen LogP contribution in [0.4, 0.5) is 4.39 Å². The van der Waals surface area contributed by atoms with E-state index in [0.29, 0.717) is 35.9 Å². The number of rotatable bonds is 5. The highest BCUT2D eigenvalue weighted by Crippen LogP contribution is 2.32. The minimum absolute atomic E-state index is 0.132. The lowest BCUT2D eigenvalue weighted by Gasteiger charge is -2.27. The van der Waals surface area contributed by atoms with Gasteiger partial charge in [-0.3, -0.25) is 0 Å². The van der Waals surface area contributed by atoms with Crippen molar-refractivity contribution < 1.29 is 22.3 Å². The number of aromatic nitrogens is 2. The van der Waals surface area contributed by atoms with Crippen LogP contribution in [0.1, 0.15) is 11.3 Å². The first-order valence-electron chi connectivity index (χ1n) is 9.25. The second-order valence-corrected chi connectivity index (χ2v) is 8.72. The zero-order valence-corrected chi connectivity index (χ0v) is 17.3. The van der Waals surface area contributed by atoms with Crippen molar-refractivity contribution in [3.8, 4) is 22.9 Å². The van der Waals surface area contributed by atoms with Crippen LogP contribution in [0.15, 0.2) is 53.6 Å². The molecule has 0 radical (unpaired) electrons. The van der Waals surface area contributed by atoms with Crippen molar-refractivity contribution >= 4 is 10.0 Å². The van der Waals surface area contributed by atoms with Crippen LogP contribution >= 0.6 is 0 Å². The largest absolute Gasteiger partial charge is 0.493 e. The van der Waals surface area contributed by atoms with Crippen LogP contribution in [0.3, 0.4) is 0 Å². The highest BCUT2D eigenvalue weighted by molar-refractivity contribution is 7.89. The molecule has 7 nitrogen and oxygen atoms in total. The molecule has 0 saturated carbocycles. The molecule has 2 aromatic carbocycles. The Morgan fingerprint density at radius 2 is 1.77 bits per heavy atom. The summed E-state index contributed by atoms with van der Waals surface area (Å²) in [5, 5.41) is 0. The highest BCUT2D eigenvalue weighted by Gasteiger charge is 2.30. The molecule has 2 heterocycles. The van der Waals surface area contributed by atoms with Gasteiger partial charge >= 0.3 is 0 Å². The van der Waals surface area contributed by atoms with Gasteiger partial charge in [0, 0.05) is 42.9 Å². The van der Waals surface area contributed by atoms with E-state index in [2.05, 4.69) is 9.97 Å². The SMILES string of the molecule is COc1ccc(S(=O)(=O)N2CCc3nc(-c4ccc(F)cc4)ncc3C2)cc1OC. The average Bonchev–Trinajstić information content (AvgIpc) is 2.78. The molecule has 1 aliphatic rings. The topological polar surface area (TPSA) is 81.6 Å². The third-order valence-corrected chi connectivity index (χ3v) is 6.84. The van der Waals surface area contributed by atoms with E-state index in [1.54, 1.807) is 24.4 Å². The molecule has 0 N–H and O–H groups in total. The number of hydrogen-bond donors (Lipinski definition) is 0. The Kier molecular flexibility index (Phi) is 5.40. The van der Waals surface area contributed by atoms with Crippen LogP contribution in [0.25, 0.3) is 11.4 Å². The van der Waals surface area contributed by atoms with Gasteiger partial charge in [-0.05, 0) is 36.4 Å². The van der Waals surface area contributed by atoms with Gasteiger partial charge in [0.05, 0.1) is 24.8 Å². The molecule has 0 fully saturated rings. The number of methoxy groups -OCH3 is 2. The zero-order valence-electron chi connectivity index (χ0n) is 16.5. The summed E-state index contributed by atoms with van der Waals surface area (Å²) in [5.74, 6) is 0.975. The van der Waals surface area contributed by atoms with E-state index in [4.69, 9.17) is 9.47 Å².